The van der Waals surface area contributed by atoms with E-state index in [1.807, 2.05) is 29.8 Å². The lowest BCUT2D eigenvalue weighted by atomic mass is 9.92. The van der Waals surface area contributed by atoms with Crippen molar-refractivity contribution in [1.82, 2.24) is 14.8 Å². The van der Waals surface area contributed by atoms with E-state index in [9.17, 15) is 4.91 Å². The largest absolute Gasteiger partial charge is 0.383 e. The van der Waals surface area contributed by atoms with E-state index >= 15 is 0 Å². The summed E-state index contributed by atoms with van der Waals surface area (Å²) >= 11 is 6.49. The topological polar surface area (TPSA) is 72.2 Å². The molecule has 1 fully saturated rings. The maximum absolute atomic E-state index is 10.2. The van der Waals surface area contributed by atoms with Crippen molar-refractivity contribution in [2.75, 3.05) is 18.4 Å². The van der Waals surface area contributed by atoms with Gasteiger partial charge in [-0.2, -0.15) is 4.91 Å². The minimum Gasteiger partial charge on any atom is -0.383 e. The van der Waals surface area contributed by atoms with Gasteiger partial charge in [-0.3, -0.25) is 0 Å². The van der Waals surface area contributed by atoms with Gasteiger partial charge in [-0.05, 0) is 36.6 Å². The minimum atomic E-state index is 0.184. The Balaban J connectivity index is 1.55. The number of hydrogen-bond acceptors (Lipinski definition) is 5. The van der Waals surface area contributed by atoms with Crippen LogP contribution in [0.4, 0.5) is 5.69 Å². The molecule has 0 aliphatic heterocycles. The molecule has 1 N–H and O–H groups in total. The number of halogens is 1. The molecular formula is C21H22ClN5O. The fourth-order valence-corrected chi connectivity index (χ4v) is 3.88. The van der Waals surface area contributed by atoms with Gasteiger partial charge in [0.25, 0.3) is 0 Å². The van der Waals surface area contributed by atoms with Gasteiger partial charge >= 0.3 is 0 Å². The van der Waals surface area contributed by atoms with Crippen molar-refractivity contribution in [3.05, 3.63) is 69.8 Å². The summed E-state index contributed by atoms with van der Waals surface area (Å²) in [6.45, 7) is 0.698. The first-order chi connectivity index (χ1) is 13.6. The molecule has 0 spiro atoms. The van der Waals surface area contributed by atoms with Gasteiger partial charge in [0.1, 0.15) is 5.82 Å². The Morgan fingerprint density at radius 1 is 1.18 bits per heavy atom. The number of aromatic nitrogens is 3. The van der Waals surface area contributed by atoms with Crippen LogP contribution in [-0.2, 0) is 18.9 Å². The summed E-state index contributed by atoms with van der Waals surface area (Å²) in [5.41, 5.74) is 3.24. The van der Waals surface area contributed by atoms with E-state index in [2.05, 4.69) is 51.0 Å². The van der Waals surface area contributed by atoms with Crippen LogP contribution in [0.5, 0.6) is 0 Å². The van der Waals surface area contributed by atoms with Crippen LogP contribution >= 0.6 is 11.6 Å². The van der Waals surface area contributed by atoms with Gasteiger partial charge in [0.05, 0.1) is 11.6 Å². The molecule has 7 heteroatoms. The van der Waals surface area contributed by atoms with Crippen molar-refractivity contribution in [2.24, 2.45) is 12.2 Å². The highest BCUT2D eigenvalue weighted by Gasteiger charge is 2.45. The SMILES string of the molecule is Cn1c(CC2(c3ccccc3)CC2)nnc1-c1ccc(NCCN=O)cc1Cl. The van der Waals surface area contributed by atoms with Crippen LogP contribution in [0.3, 0.4) is 0 Å². The average molecular weight is 396 g/mol. The van der Waals surface area contributed by atoms with E-state index < -0.39 is 0 Å². The zero-order valence-electron chi connectivity index (χ0n) is 15.7. The molecule has 1 aliphatic rings. The first kappa shape index (κ1) is 18.6. The molecule has 28 heavy (non-hydrogen) atoms. The summed E-state index contributed by atoms with van der Waals surface area (Å²) < 4.78 is 2.04. The Hall–Kier alpha value is -2.73. The first-order valence-corrected chi connectivity index (χ1v) is 9.77. The molecule has 1 aromatic heterocycles. The van der Waals surface area contributed by atoms with E-state index in [1.165, 1.54) is 18.4 Å². The van der Waals surface area contributed by atoms with Crippen molar-refractivity contribution in [2.45, 2.75) is 24.7 Å². The Morgan fingerprint density at radius 2 is 1.96 bits per heavy atom. The lowest BCUT2D eigenvalue weighted by molar-refractivity contribution is 0.631. The number of nitrogens with zero attached hydrogens (tertiary/aromatic N) is 4. The predicted molar refractivity (Wildman–Crippen MR) is 112 cm³/mol. The maximum Gasteiger partial charge on any atom is 0.165 e. The van der Waals surface area contributed by atoms with Gasteiger partial charge in [0, 0.05) is 36.7 Å². The quantitative estimate of drug-likeness (QED) is 0.447. The van der Waals surface area contributed by atoms with Crippen molar-refractivity contribution in [3.8, 4) is 11.4 Å². The van der Waals surface area contributed by atoms with Crippen molar-refractivity contribution in [3.63, 3.8) is 0 Å². The second-order valence-corrected chi connectivity index (χ2v) is 7.70. The monoisotopic (exact) mass is 395 g/mol. The molecule has 4 rings (SSSR count). The minimum absolute atomic E-state index is 0.184. The zero-order valence-corrected chi connectivity index (χ0v) is 16.5. The molecule has 0 amide bonds. The van der Waals surface area contributed by atoms with Crippen LogP contribution in [0.1, 0.15) is 24.2 Å². The molecule has 0 atom stereocenters. The lowest BCUT2D eigenvalue weighted by Crippen LogP contribution is -2.14. The third kappa shape index (κ3) is 3.64. The number of anilines is 1. The van der Waals surface area contributed by atoms with Crippen molar-refractivity contribution >= 4 is 17.3 Å². The van der Waals surface area contributed by atoms with E-state index in [0.29, 0.717) is 11.6 Å². The van der Waals surface area contributed by atoms with E-state index in [4.69, 9.17) is 11.6 Å². The van der Waals surface area contributed by atoms with Gasteiger partial charge in [0.15, 0.2) is 5.82 Å². The van der Waals surface area contributed by atoms with Gasteiger partial charge in [-0.15, -0.1) is 10.2 Å². The van der Waals surface area contributed by atoms with Gasteiger partial charge in [0.2, 0.25) is 0 Å². The first-order valence-electron chi connectivity index (χ1n) is 9.40. The lowest BCUT2D eigenvalue weighted by Gasteiger charge is -2.15. The number of hydrogen-bond donors (Lipinski definition) is 1. The Kier molecular flexibility index (Phi) is 5.13. The van der Waals surface area contributed by atoms with E-state index in [0.717, 1.165) is 29.3 Å². The normalized spacial score (nSPS) is 14.6. The second kappa shape index (κ2) is 7.72. The highest BCUT2D eigenvalue weighted by atomic mass is 35.5. The van der Waals surface area contributed by atoms with Crippen LogP contribution in [0.25, 0.3) is 11.4 Å². The third-order valence-electron chi connectivity index (χ3n) is 5.44. The average Bonchev–Trinajstić information content (AvgIpc) is 3.42. The second-order valence-electron chi connectivity index (χ2n) is 7.30. The molecule has 144 valence electrons. The van der Waals surface area contributed by atoms with Crippen LogP contribution in [0.15, 0.2) is 53.7 Å². The summed E-state index contributed by atoms with van der Waals surface area (Å²) in [7, 11) is 1.99. The summed E-state index contributed by atoms with van der Waals surface area (Å²) in [5, 5.41) is 15.4. The number of benzene rings is 2. The standard InChI is InChI=1S/C21H22ClN5O/c1-27-19(14-21(9-10-21)15-5-3-2-4-6-15)25-26-20(27)17-8-7-16(13-18(17)22)23-11-12-24-28/h2-8,13,23H,9-12,14H2,1H3. The molecule has 1 saturated carbocycles. The van der Waals surface area contributed by atoms with E-state index in [-0.39, 0.29) is 12.0 Å². The molecule has 0 unspecified atom stereocenters. The van der Waals surface area contributed by atoms with E-state index in [1.54, 1.807) is 0 Å². The summed E-state index contributed by atoms with van der Waals surface area (Å²) in [5.74, 6) is 1.72. The molecule has 0 saturated heterocycles. The predicted octanol–water partition coefficient (Wildman–Crippen LogP) is 4.59. The smallest absolute Gasteiger partial charge is 0.165 e. The summed E-state index contributed by atoms with van der Waals surface area (Å²) in [6, 6.07) is 16.3. The maximum atomic E-state index is 10.2. The van der Waals surface area contributed by atoms with Crippen LogP contribution in [0, 0.1) is 4.91 Å². The van der Waals surface area contributed by atoms with Crippen molar-refractivity contribution in [1.29, 1.82) is 0 Å². The highest BCUT2D eigenvalue weighted by Crippen LogP contribution is 2.50. The third-order valence-corrected chi connectivity index (χ3v) is 5.76. The molecule has 0 radical (unpaired) electrons. The molecule has 6 nitrogen and oxygen atoms in total. The molecular weight excluding hydrogens is 374 g/mol. The number of rotatable bonds is 8. The molecule has 0 bridgehead atoms. The highest BCUT2D eigenvalue weighted by molar-refractivity contribution is 6.33. The fraction of sp³-hybridized carbons (Fsp3) is 0.333. The molecule has 1 heterocycles. The van der Waals surface area contributed by atoms with Gasteiger partial charge in [-0.25, -0.2) is 0 Å². The number of nitroso groups, excluding NO2 is 1. The molecule has 1 aliphatic carbocycles. The Labute approximate surface area is 168 Å². The van der Waals surface area contributed by atoms with Crippen LogP contribution < -0.4 is 5.32 Å². The van der Waals surface area contributed by atoms with Crippen LogP contribution in [0.2, 0.25) is 5.02 Å². The Bertz CT molecular complexity index is 982. The zero-order chi connectivity index (χ0) is 19.6. The van der Waals surface area contributed by atoms with Gasteiger partial charge < -0.3 is 9.88 Å². The fourth-order valence-electron chi connectivity index (χ4n) is 3.62. The number of nitrogens with one attached hydrogen (secondary N) is 1. The van der Waals surface area contributed by atoms with Crippen LogP contribution in [-0.4, -0.2) is 27.9 Å². The van der Waals surface area contributed by atoms with Crippen molar-refractivity contribution < 1.29 is 0 Å². The summed E-state index contributed by atoms with van der Waals surface area (Å²) in [4.78, 5) is 10.2. The molecule has 2 aromatic carbocycles. The van der Waals surface area contributed by atoms with Gasteiger partial charge in [-0.1, -0.05) is 47.1 Å². The summed E-state index contributed by atoms with van der Waals surface area (Å²) in [6.07, 6.45) is 3.22. The molecule has 3 aromatic rings. The Morgan fingerprint density at radius 3 is 2.64 bits per heavy atom.